The van der Waals surface area contributed by atoms with Gasteiger partial charge in [-0.1, -0.05) is 11.6 Å². The van der Waals surface area contributed by atoms with E-state index in [0.717, 1.165) is 0 Å². The maximum atomic E-state index is 10.6. The van der Waals surface area contributed by atoms with E-state index >= 15 is 0 Å². The molecule has 0 bridgehead atoms. The van der Waals surface area contributed by atoms with E-state index in [0.29, 0.717) is 23.8 Å². The molecule has 6 heteroatoms. The van der Waals surface area contributed by atoms with Crippen molar-refractivity contribution < 1.29 is 4.92 Å². The molecule has 18 heavy (non-hydrogen) atoms. The molecule has 1 rings (SSSR count). The summed E-state index contributed by atoms with van der Waals surface area (Å²) >= 11 is 6.04. The van der Waals surface area contributed by atoms with Crippen molar-refractivity contribution in [2.45, 2.75) is 13.8 Å². The Morgan fingerprint density at radius 2 is 2.28 bits per heavy atom. The lowest BCUT2D eigenvalue weighted by Gasteiger charge is -2.25. The van der Waals surface area contributed by atoms with Gasteiger partial charge in [-0.2, -0.15) is 5.26 Å². The maximum absolute atomic E-state index is 10.6. The molecule has 1 aromatic rings. The van der Waals surface area contributed by atoms with E-state index in [-0.39, 0.29) is 11.6 Å². The number of nitriles is 1. The molecule has 0 fully saturated rings. The van der Waals surface area contributed by atoms with Crippen molar-refractivity contribution in [3.63, 3.8) is 0 Å². The first kappa shape index (κ1) is 14.3. The van der Waals surface area contributed by atoms with Gasteiger partial charge in [0.1, 0.15) is 0 Å². The number of nitro groups is 1. The molecule has 0 N–H and O–H groups in total. The maximum Gasteiger partial charge on any atom is 0.271 e. The third kappa shape index (κ3) is 3.34. The number of hydrogen-bond acceptors (Lipinski definition) is 4. The lowest BCUT2D eigenvalue weighted by Crippen LogP contribution is -2.27. The van der Waals surface area contributed by atoms with Crippen LogP contribution in [0.5, 0.6) is 0 Å². The highest BCUT2D eigenvalue weighted by Gasteiger charge is 2.15. The van der Waals surface area contributed by atoms with Crippen LogP contribution in [0.3, 0.4) is 0 Å². The number of nitro benzene ring substituents is 1. The van der Waals surface area contributed by atoms with E-state index in [2.05, 4.69) is 6.07 Å². The Kier molecular flexibility index (Phi) is 4.93. The summed E-state index contributed by atoms with van der Waals surface area (Å²) in [6, 6.07) is 6.52. The monoisotopic (exact) mass is 267 g/mol. The molecule has 0 aliphatic heterocycles. The Morgan fingerprint density at radius 1 is 1.61 bits per heavy atom. The molecule has 96 valence electrons. The average Bonchev–Trinajstić information content (AvgIpc) is 2.35. The molecule has 0 spiro atoms. The number of halogens is 1. The normalized spacial score (nSPS) is 11.7. The zero-order valence-electron chi connectivity index (χ0n) is 10.3. The molecule has 0 amide bonds. The van der Waals surface area contributed by atoms with E-state index in [9.17, 15) is 10.1 Å². The molecule has 1 unspecified atom stereocenters. The standard InChI is InChI=1S/C12H14ClN3O2/c1-3-15(8-9(2)7-14)12-5-4-10(16(17)18)6-11(12)13/h4-6,9H,3,8H2,1-2H3. The van der Waals surface area contributed by atoms with Crippen molar-refractivity contribution in [3.8, 4) is 6.07 Å². The first-order valence-corrected chi connectivity index (χ1v) is 5.95. The number of nitrogens with zero attached hydrogens (tertiary/aromatic N) is 3. The van der Waals surface area contributed by atoms with Crippen molar-refractivity contribution in [2.24, 2.45) is 5.92 Å². The third-order valence-corrected chi connectivity index (χ3v) is 2.88. The highest BCUT2D eigenvalue weighted by molar-refractivity contribution is 6.33. The van der Waals surface area contributed by atoms with Crippen molar-refractivity contribution in [1.82, 2.24) is 0 Å². The van der Waals surface area contributed by atoms with Crippen LogP contribution in [0.15, 0.2) is 18.2 Å². The van der Waals surface area contributed by atoms with Gasteiger partial charge in [-0.15, -0.1) is 0 Å². The van der Waals surface area contributed by atoms with Crippen LogP contribution in [-0.2, 0) is 0 Å². The van der Waals surface area contributed by atoms with Gasteiger partial charge in [-0.25, -0.2) is 0 Å². The van der Waals surface area contributed by atoms with E-state index in [4.69, 9.17) is 16.9 Å². The summed E-state index contributed by atoms with van der Waals surface area (Å²) in [5, 5.41) is 19.8. The van der Waals surface area contributed by atoms with Crippen LogP contribution in [0.2, 0.25) is 5.02 Å². The highest BCUT2D eigenvalue weighted by atomic mass is 35.5. The van der Waals surface area contributed by atoms with Crippen molar-refractivity contribution in [1.29, 1.82) is 5.26 Å². The minimum absolute atomic E-state index is 0.0341. The second kappa shape index (κ2) is 6.22. The van der Waals surface area contributed by atoms with Crippen molar-refractivity contribution in [3.05, 3.63) is 33.3 Å². The average molecular weight is 268 g/mol. The summed E-state index contributed by atoms with van der Waals surface area (Å²) in [6.45, 7) is 5.00. The van der Waals surface area contributed by atoms with Crippen LogP contribution < -0.4 is 4.90 Å². The Morgan fingerprint density at radius 3 is 2.72 bits per heavy atom. The Balaban J connectivity index is 3.00. The molecule has 0 aliphatic rings. The number of benzene rings is 1. The van der Waals surface area contributed by atoms with Gasteiger partial charge in [0.25, 0.3) is 5.69 Å². The van der Waals surface area contributed by atoms with Crippen LogP contribution in [-0.4, -0.2) is 18.0 Å². The zero-order chi connectivity index (χ0) is 13.7. The fourth-order valence-electron chi connectivity index (χ4n) is 1.64. The fraction of sp³-hybridized carbons (Fsp3) is 0.417. The molecule has 0 saturated carbocycles. The predicted octanol–water partition coefficient (Wildman–Crippen LogP) is 3.23. The summed E-state index contributed by atoms with van der Waals surface area (Å²) in [5.41, 5.74) is 0.681. The zero-order valence-corrected chi connectivity index (χ0v) is 11.0. The SMILES string of the molecule is CCN(CC(C)C#N)c1ccc([N+](=O)[O-])cc1Cl. The topological polar surface area (TPSA) is 70.2 Å². The smallest absolute Gasteiger partial charge is 0.271 e. The van der Waals surface area contributed by atoms with Crippen LogP contribution >= 0.6 is 11.6 Å². The van der Waals surface area contributed by atoms with Gasteiger partial charge in [-0.3, -0.25) is 10.1 Å². The van der Waals surface area contributed by atoms with Gasteiger partial charge in [0.2, 0.25) is 0 Å². The van der Waals surface area contributed by atoms with Gasteiger partial charge in [0, 0.05) is 25.2 Å². The fourth-order valence-corrected chi connectivity index (χ4v) is 1.93. The third-order valence-electron chi connectivity index (χ3n) is 2.58. The van der Waals surface area contributed by atoms with Crippen LogP contribution in [0.4, 0.5) is 11.4 Å². The van der Waals surface area contributed by atoms with E-state index in [1.165, 1.54) is 12.1 Å². The molecule has 0 radical (unpaired) electrons. The second-order valence-electron chi connectivity index (χ2n) is 3.96. The minimum Gasteiger partial charge on any atom is -0.369 e. The molecule has 1 aromatic carbocycles. The number of hydrogen-bond donors (Lipinski definition) is 0. The summed E-state index contributed by atoms with van der Waals surface area (Å²) in [4.78, 5) is 12.1. The lowest BCUT2D eigenvalue weighted by atomic mass is 10.1. The first-order chi connectivity index (χ1) is 8.49. The summed E-state index contributed by atoms with van der Waals surface area (Å²) in [5.74, 6) is -0.129. The predicted molar refractivity (Wildman–Crippen MR) is 70.8 cm³/mol. The van der Waals surface area contributed by atoms with Gasteiger partial charge in [0.15, 0.2) is 0 Å². The molecule has 0 aromatic heterocycles. The van der Waals surface area contributed by atoms with Crippen LogP contribution in [0.25, 0.3) is 0 Å². The Labute approximate surface area is 111 Å². The van der Waals surface area contributed by atoms with E-state index in [1.54, 1.807) is 6.07 Å². The van der Waals surface area contributed by atoms with E-state index < -0.39 is 4.92 Å². The molecule has 0 saturated heterocycles. The Bertz CT molecular complexity index is 485. The minimum atomic E-state index is -0.482. The number of anilines is 1. The van der Waals surface area contributed by atoms with E-state index in [1.807, 2.05) is 18.7 Å². The number of non-ortho nitro benzene ring substituents is 1. The first-order valence-electron chi connectivity index (χ1n) is 5.58. The molecule has 5 nitrogen and oxygen atoms in total. The quantitative estimate of drug-likeness (QED) is 0.606. The van der Waals surface area contributed by atoms with Gasteiger partial charge < -0.3 is 4.90 Å². The molecular weight excluding hydrogens is 254 g/mol. The molecule has 0 heterocycles. The molecular formula is C12H14ClN3O2. The number of rotatable bonds is 5. The van der Waals surface area contributed by atoms with Crippen LogP contribution in [0.1, 0.15) is 13.8 Å². The van der Waals surface area contributed by atoms with Gasteiger partial charge >= 0.3 is 0 Å². The van der Waals surface area contributed by atoms with Crippen molar-refractivity contribution >= 4 is 23.0 Å². The summed E-state index contributed by atoms with van der Waals surface area (Å²) < 4.78 is 0. The molecule has 0 aliphatic carbocycles. The van der Waals surface area contributed by atoms with Crippen LogP contribution in [0, 0.1) is 27.4 Å². The van der Waals surface area contributed by atoms with Crippen molar-refractivity contribution in [2.75, 3.05) is 18.0 Å². The lowest BCUT2D eigenvalue weighted by molar-refractivity contribution is -0.384. The summed E-state index contributed by atoms with van der Waals surface area (Å²) in [6.07, 6.45) is 0. The Hall–Kier alpha value is -1.80. The second-order valence-corrected chi connectivity index (χ2v) is 4.37. The molecule has 1 atom stereocenters. The largest absolute Gasteiger partial charge is 0.369 e. The van der Waals surface area contributed by atoms with Gasteiger partial charge in [-0.05, 0) is 19.9 Å². The summed E-state index contributed by atoms with van der Waals surface area (Å²) in [7, 11) is 0. The highest BCUT2D eigenvalue weighted by Crippen LogP contribution is 2.30. The van der Waals surface area contributed by atoms with Gasteiger partial charge in [0.05, 0.1) is 27.6 Å².